The lowest BCUT2D eigenvalue weighted by molar-refractivity contribution is 0.281. The van der Waals surface area contributed by atoms with Gasteiger partial charge in [0.15, 0.2) is 5.65 Å². The lowest BCUT2D eigenvalue weighted by Crippen LogP contribution is -2.02. The Morgan fingerprint density at radius 1 is 1.14 bits per heavy atom. The van der Waals surface area contributed by atoms with Crippen LogP contribution < -0.4 is 0 Å². The van der Waals surface area contributed by atoms with E-state index in [-0.39, 0.29) is 6.61 Å². The zero-order chi connectivity index (χ0) is 19.3. The maximum Gasteiger partial charge on any atom is 0.164 e. The summed E-state index contributed by atoms with van der Waals surface area (Å²) < 4.78 is 3.51. The van der Waals surface area contributed by atoms with Crippen LogP contribution in [-0.4, -0.2) is 34.5 Å². The van der Waals surface area contributed by atoms with Crippen molar-refractivity contribution in [1.82, 2.24) is 29.4 Å². The van der Waals surface area contributed by atoms with Crippen LogP contribution in [0.4, 0.5) is 0 Å². The van der Waals surface area contributed by atoms with Crippen LogP contribution in [0.2, 0.25) is 5.02 Å². The highest BCUT2D eigenvalue weighted by Gasteiger charge is 2.16. The molecule has 1 N–H and O–H groups in total. The number of aliphatic hydroxyl groups excluding tert-OH is 1. The molecule has 0 amide bonds. The van der Waals surface area contributed by atoms with Gasteiger partial charge >= 0.3 is 0 Å². The molecule has 0 bridgehead atoms. The summed E-state index contributed by atoms with van der Waals surface area (Å²) in [6.07, 6.45) is 7.13. The molecule has 0 aliphatic heterocycles. The van der Waals surface area contributed by atoms with Gasteiger partial charge in [-0.3, -0.25) is 4.98 Å². The van der Waals surface area contributed by atoms with E-state index in [2.05, 4.69) is 20.2 Å². The minimum absolute atomic E-state index is 0.108. The third kappa shape index (κ3) is 2.56. The van der Waals surface area contributed by atoms with E-state index >= 15 is 0 Å². The van der Waals surface area contributed by atoms with Gasteiger partial charge in [0.05, 0.1) is 41.0 Å². The second-order valence-electron chi connectivity index (χ2n) is 6.46. The van der Waals surface area contributed by atoms with Gasteiger partial charge in [0, 0.05) is 34.6 Å². The SMILES string of the molecule is Cc1nn(-c2cc(Cl)ccc2CO)c2cc(-c3cnn4cccnc34)ncc12. The summed E-state index contributed by atoms with van der Waals surface area (Å²) in [6.45, 7) is 1.82. The van der Waals surface area contributed by atoms with Crippen LogP contribution in [-0.2, 0) is 6.61 Å². The Morgan fingerprint density at radius 2 is 2.04 bits per heavy atom. The van der Waals surface area contributed by atoms with Crippen LogP contribution in [0.1, 0.15) is 11.3 Å². The van der Waals surface area contributed by atoms with Crippen molar-refractivity contribution < 1.29 is 5.11 Å². The molecule has 5 aromatic rings. The predicted octanol–water partition coefficient (Wildman–Crippen LogP) is 3.58. The van der Waals surface area contributed by atoms with Crippen molar-refractivity contribution >= 4 is 28.2 Å². The van der Waals surface area contributed by atoms with Crippen molar-refractivity contribution in [1.29, 1.82) is 0 Å². The highest BCUT2D eigenvalue weighted by atomic mass is 35.5. The Hall–Kier alpha value is -3.29. The molecule has 4 heterocycles. The number of nitrogens with zero attached hydrogens (tertiary/aromatic N) is 6. The number of fused-ring (bicyclic) bond motifs is 2. The first-order valence-electron chi connectivity index (χ1n) is 8.69. The second-order valence-corrected chi connectivity index (χ2v) is 6.90. The summed E-state index contributed by atoms with van der Waals surface area (Å²) in [5.41, 5.74) is 5.51. The minimum Gasteiger partial charge on any atom is -0.392 e. The third-order valence-corrected chi connectivity index (χ3v) is 4.99. The fraction of sp³-hybridized carbons (Fsp3) is 0.100. The van der Waals surface area contributed by atoms with E-state index in [1.165, 1.54) is 0 Å². The Labute approximate surface area is 164 Å². The number of hydrogen-bond donors (Lipinski definition) is 1. The average molecular weight is 391 g/mol. The average Bonchev–Trinajstić information content (AvgIpc) is 3.29. The first kappa shape index (κ1) is 16.9. The molecular weight excluding hydrogens is 376 g/mol. The first-order valence-corrected chi connectivity index (χ1v) is 9.07. The third-order valence-electron chi connectivity index (χ3n) is 4.75. The molecule has 5 rings (SSSR count). The maximum atomic E-state index is 9.76. The van der Waals surface area contributed by atoms with Crippen molar-refractivity contribution in [2.24, 2.45) is 0 Å². The molecule has 7 nitrogen and oxygen atoms in total. The van der Waals surface area contributed by atoms with E-state index in [9.17, 15) is 5.11 Å². The van der Waals surface area contributed by atoms with Crippen molar-refractivity contribution in [3.8, 4) is 16.9 Å². The fourth-order valence-corrected chi connectivity index (χ4v) is 3.53. The molecular formula is C20H15ClN6O. The Balaban J connectivity index is 1.77. The number of rotatable bonds is 3. The largest absolute Gasteiger partial charge is 0.392 e. The summed E-state index contributed by atoms with van der Waals surface area (Å²) in [5.74, 6) is 0. The van der Waals surface area contributed by atoms with E-state index in [1.54, 1.807) is 46.0 Å². The number of aryl methyl sites for hydroxylation is 1. The molecule has 138 valence electrons. The minimum atomic E-state index is -0.108. The normalized spacial score (nSPS) is 11.5. The van der Waals surface area contributed by atoms with Gasteiger partial charge in [-0.2, -0.15) is 10.2 Å². The zero-order valence-electron chi connectivity index (χ0n) is 14.9. The van der Waals surface area contributed by atoms with Gasteiger partial charge in [0.2, 0.25) is 0 Å². The number of benzene rings is 1. The Bertz CT molecular complexity index is 1340. The fourth-order valence-electron chi connectivity index (χ4n) is 3.36. The van der Waals surface area contributed by atoms with Crippen LogP contribution in [0.15, 0.2) is 55.1 Å². The number of aliphatic hydroxyl groups is 1. The molecule has 4 aromatic heterocycles. The van der Waals surface area contributed by atoms with Crippen LogP contribution in [0, 0.1) is 6.92 Å². The molecule has 0 saturated carbocycles. The van der Waals surface area contributed by atoms with Gasteiger partial charge in [0.1, 0.15) is 0 Å². The van der Waals surface area contributed by atoms with Gasteiger partial charge in [0.25, 0.3) is 0 Å². The standard InChI is InChI=1S/C20H15ClN6O/c1-12-15-9-23-17(16-10-24-26-6-2-5-22-20(16)26)8-19(15)27(25-12)18-7-14(21)4-3-13(18)11-28/h2-10,28H,11H2,1H3. The summed E-state index contributed by atoms with van der Waals surface area (Å²) in [4.78, 5) is 9.02. The summed E-state index contributed by atoms with van der Waals surface area (Å²) in [5, 5.41) is 20.3. The Kier molecular flexibility index (Phi) is 3.85. The van der Waals surface area contributed by atoms with Gasteiger partial charge < -0.3 is 5.11 Å². The lowest BCUT2D eigenvalue weighted by atomic mass is 10.1. The second kappa shape index (κ2) is 6.40. The van der Waals surface area contributed by atoms with E-state index in [0.717, 1.165) is 44.8 Å². The molecule has 0 radical (unpaired) electrons. The van der Waals surface area contributed by atoms with Gasteiger partial charge in [-0.1, -0.05) is 17.7 Å². The molecule has 0 aliphatic rings. The van der Waals surface area contributed by atoms with E-state index in [0.29, 0.717) is 5.02 Å². The number of hydrogen-bond acceptors (Lipinski definition) is 5. The van der Waals surface area contributed by atoms with Gasteiger partial charge in [-0.05, 0) is 31.2 Å². The first-order chi connectivity index (χ1) is 13.7. The van der Waals surface area contributed by atoms with Crippen LogP contribution in [0.3, 0.4) is 0 Å². The van der Waals surface area contributed by atoms with Crippen LogP contribution >= 0.6 is 11.6 Å². The number of halogens is 1. The smallest absolute Gasteiger partial charge is 0.164 e. The summed E-state index contributed by atoms with van der Waals surface area (Å²) in [6, 6.07) is 9.15. The monoisotopic (exact) mass is 390 g/mol. The number of pyridine rings is 1. The molecule has 8 heteroatoms. The van der Waals surface area contributed by atoms with Crippen molar-refractivity contribution in [2.45, 2.75) is 13.5 Å². The van der Waals surface area contributed by atoms with Crippen molar-refractivity contribution in [2.75, 3.05) is 0 Å². The molecule has 28 heavy (non-hydrogen) atoms. The zero-order valence-corrected chi connectivity index (χ0v) is 15.7. The lowest BCUT2D eigenvalue weighted by Gasteiger charge is -2.10. The van der Waals surface area contributed by atoms with E-state index in [1.807, 2.05) is 25.3 Å². The highest BCUT2D eigenvalue weighted by molar-refractivity contribution is 6.30. The topological polar surface area (TPSA) is 81.1 Å². The maximum absolute atomic E-state index is 9.76. The van der Waals surface area contributed by atoms with Crippen LogP contribution in [0.5, 0.6) is 0 Å². The van der Waals surface area contributed by atoms with Crippen molar-refractivity contribution in [3.05, 3.63) is 71.4 Å². The number of aromatic nitrogens is 6. The van der Waals surface area contributed by atoms with Gasteiger partial charge in [-0.15, -0.1) is 0 Å². The van der Waals surface area contributed by atoms with Crippen LogP contribution in [0.25, 0.3) is 33.5 Å². The summed E-state index contributed by atoms with van der Waals surface area (Å²) >= 11 is 6.21. The molecule has 0 unspecified atom stereocenters. The molecule has 0 fully saturated rings. The Morgan fingerprint density at radius 3 is 2.89 bits per heavy atom. The van der Waals surface area contributed by atoms with Crippen molar-refractivity contribution in [3.63, 3.8) is 0 Å². The van der Waals surface area contributed by atoms with E-state index < -0.39 is 0 Å². The molecule has 0 aliphatic carbocycles. The van der Waals surface area contributed by atoms with E-state index in [4.69, 9.17) is 11.6 Å². The summed E-state index contributed by atoms with van der Waals surface area (Å²) in [7, 11) is 0. The van der Waals surface area contributed by atoms with Gasteiger partial charge in [-0.25, -0.2) is 14.2 Å². The molecule has 0 atom stereocenters. The quantitative estimate of drug-likeness (QED) is 0.509. The molecule has 0 spiro atoms. The molecule has 1 aromatic carbocycles. The predicted molar refractivity (Wildman–Crippen MR) is 107 cm³/mol. The molecule has 0 saturated heterocycles. The highest BCUT2D eigenvalue weighted by Crippen LogP contribution is 2.29.